The number of aromatic nitrogens is 2. The number of carbonyl (C=O) groups is 7. The Hall–Kier alpha value is -6.46. The molecule has 1 aromatic heterocycles. The minimum Gasteiger partial charge on any atom is -0.477 e. The number of carboxylic acid groups (broad SMARTS) is 1. The highest BCUT2D eigenvalue weighted by Gasteiger charge is 2.61. The summed E-state index contributed by atoms with van der Waals surface area (Å²) in [6.45, 7) is -0.960. The lowest BCUT2D eigenvalue weighted by atomic mass is 9.80. The van der Waals surface area contributed by atoms with Crippen LogP contribution in [0.3, 0.4) is 0 Å². The molecular formula is C60H87N6O39P. The summed E-state index contributed by atoms with van der Waals surface area (Å²) in [5.41, 5.74) is 5.20. The number of nitrogens with zero attached hydrogens (tertiary/aromatic N) is 2. The van der Waals surface area contributed by atoms with Gasteiger partial charge in [-0.05, 0) is 49.9 Å². The molecule has 2 aromatic rings. The number of nitrogen functional groups attached to an aromatic ring is 1. The quantitative estimate of drug-likeness (QED) is 0.0176. The molecule has 596 valence electrons. The van der Waals surface area contributed by atoms with E-state index in [1.807, 2.05) is 0 Å². The average Bonchev–Trinajstić information content (AvgIpc) is 0.952. The maximum atomic E-state index is 13.4. The number of anilines is 1. The van der Waals surface area contributed by atoms with Gasteiger partial charge in [-0.1, -0.05) is 12.1 Å². The summed E-state index contributed by atoms with van der Waals surface area (Å²) in [6, 6.07) is 3.69. The number of rotatable bonds is 34. The Morgan fingerprint density at radius 3 is 1.81 bits per heavy atom. The van der Waals surface area contributed by atoms with E-state index in [9.17, 15) is 124 Å². The molecule has 8 rings (SSSR count). The molecule has 46 heteroatoms. The highest BCUT2D eigenvalue weighted by atomic mass is 31.2. The van der Waals surface area contributed by atoms with E-state index in [4.69, 9.17) is 71.6 Å². The van der Waals surface area contributed by atoms with Crippen molar-refractivity contribution in [3.63, 3.8) is 0 Å². The molecule has 6 aliphatic rings. The lowest BCUT2D eigenvalue weighted by Gasteiger charge is -2.49. The Kier molecular flexibility index (Phi) is 30.0. The van der Waals surface area contributed by atoms with Crippen molar-refractivity contribution in [3.8, 4) is 0 Å². The van der Waals surface area contributed by atoms with Crippen LogP contribution in [0.5, 0.6) is 0 Å². The fourth-order valence-corrected chi connectivity index (χ4v) is 13.6. The van der Waals surface area contributed by atoms with E-state index in [0.29, 0.717) is 5.56 Å². The number of amides is 3. The largest absolute Gasteiger partial charge is 0.477 e. The van der Waals surface area contributed by atoms with E-state index < -0.39 is 266 Å². The summed E-state index contributed by atoms with van der Waals surface area (Å²) < 4.78 is 90.8. The molecule has 21 N–H and O–H groups in total. The average molecular weight is 1550 g/mol. The Bertz CT molecular complexity index is 3410. The zero-order valence-corrected chi connectivity index (χ0v) is 57.3. The highest BCUT2D eigenvalue weighted by molar-refractivity contribution is 7.47. The molecule has 12 unspecified atom stereocenters. The molecule has 6 fully saturated rings. The lowest BCUT2D eigenvalue weighted by molar-refractivity contribution is -0.398. The van der Waals surface area contributed by atoms with Gasteiger partial charge >= 0.3 is 19.5 Å². The smallest absolute Gasteiger partial charge is 0.475 e. The number of aryl methyl sites for hydroxylation is 1. The fraction of sp³-hybridized carbons (Fsp3) is 0.717. The number of phosphoric ester groups is 1. The van der Waals surface area contributed by atoms with Gasteiger partial charge in [0.05, 0.1) is 44.7 Å². The summed E-state index contributed by atoms with van der Waals surface area (Å²) in [6.07, 6.45) is -50.5. The number of carboxylic acids is 1. The highest BCUT2D eigenvalue weighted by Crippen LogP contribution is 2.53. The van der Waals surface area contributed by atoms with Crippen molar-refractivity contribution in [2.45, 2.75) is 231 Å². The number of hydrogen-bond acceptors (Lipinski definition) is 39. The Morgan fingerprint density at radius 2 is 1.25 bits per heavy atom. The lowest BCUT2D eigenvalue weighted by Crippen LogP contribution is -2.70. The number of ether oxygens (including phenoxy) is 12. The number of aliphatic hydroxyl groups is 14. The van der Waals surface area contributed by atoms with Crippen LogP contribution in [0.2, 0.25) is 0 Å². The van der Waals surface area contributed by atoms with Crippen molar-refractivity contribution in [2.75, 3.05) is 38.7 Å². The van der Waals surface area contributed by atoms with Crippen LogP contribution < -0.4 is 27.4 Å². The van der Waals surface area contributed by atoms with Gasteiger partial charge in [-0.15, -0.1) is 0 Å². The molecule has 0 radical (unpaired) electrons. The summed E-state index contributed by atoms with van der Waals surface area (Å²) in [7, 11) is -5.67. The standard InChI is InChI=1S/C60H87N6O39P/c1-22(71)15-27-29(75)16-60(58(87)88,105-106(90,91)95-19-32-38(78)43(83)51(96-32)66-13-11-33(61)65-59(66)89)104-46(27)36(76)28(74)6-4-5-25-7-9-26(10-8-25)50(86)62-12-14-92-54-44(84)41(81)48(56(102-54)93-20-69)101-53-35(64-24(3)73)40(80)47(31(18-68)98-53)99-55-45(85)42(82)49(57(103-55)94-21-70)100-52-34(63-23(2)72)39(79)37(77)30(17-67)97-52/h7-11,13,20-21,27-32,34-49,51-57,67-68,74-85H,4-6,12,14-19H2,1-3H3,(H,62,86)(H,63,72)(H,64,73)(H,87,88)(H,90,91)(H2,61,65,89)/t27-,28-,29?,30?,31?,32-,34+,35+,36-,37-,38?,39?,40?,41?,42?,43+,44+,45+,46?,47-,48+,49+,51-,52-,53-,54-,55-,56?,57?,60-/m1/s1. The third-order valence-corrected chi connectivity index (χ3v) is 19.0. The van der Waals surface area contributed by atoms with E-state index in [2.05, 4.69) is 20.9 Å². The third-order valence-electron chi connectivity index (χ3n) is 18.0. The van der Waals surface area contributed by atoms with Gasteiger partial charge in [0, 0.05) is 50.9 Å². The van der Waals surface area contributed by atoms with Crippen LogP contribution in [0.25, 0.3) is 0 Å². The number of aliphatic hydroxyl groups excluding tert-OH is 14. The molecule has 6 aliphatic heterocycles. The first kappa shape index (κ1) is 85.2. The number of Topliss-reactive ketones (excluding diaryl/α,β-unsaturated/α-hetero) is 1. The molecule has 0 bridgehead atoms. The van der Waals surface area contributed by atoms with Gasteiger partial charge in [0.2, 0.25) is 24.4 Å². The van der Waals surface area contributed by atoms with Gasteiger partial charge in [0.15, 0.2) is 43.6 Å². The van der Waals surface area contributed by atoms with Crippen LogP contribution in [0.1, 0.15) is 68.6 Å². The normalized spacial score (nSPS) is 38.0. The number of hydrogen-bond donors (Lipinski definition) is 20. The van der Waals surface area contributed by atoms with Gasteiger partial charge in [-0.3, -0.25) is 33.1 Å². The SMILES string of the molecule is CC(=O)C[C@@H]1C(O)C[C@@](OP(=O)(O)OC[C@H]2O[C@@H](n3ccc(N)nc3=O)[C@@H](O)C2O)(C(=O)O)OC1[C@H](O)[C@H](O)CCCc1ccc(C(=O)NCCO[C@@H]2OC(OC=O)[C@@H](O[C@H]3OC(CO)[C@@H](O[C@@H]4OC(OC=O)[C@@H](O[C@H]5OC(CO)[C@@H](O)C(O)[C@@H]5NC(C)=O)C(O)[C@@H]4O)C(O)[C@@H]3NC(C)=O)C(O)[C@@H]2O)cc1. The number of carbonyl (C=O) groups excluding carboxylic acids is 6. The molecule has 0 spiro atoms. The van der Waals surface area contributed by atoms with Crippen LogP contribution >= 0.6 is 7.82 Å². The van der Waals surface area contributed by atoms with Crippen molar-refractivity contribution < 1.29 is 186 Å². The van der Waals surface area contributed by atoms with Gasteiger partial charge in [-0.2, -0.15) is 4.98 Å². The first-order valence-corrected chi connectivity index (χ1v) is 34.3. The molecule has 31 atom stereocenters. The molecule has 106 heavy (non-hydrogen) atoms. The fourth-order valence-electron chi connectivity index (χ4n) is 12.7. The molecule has 6 saturated heterocycles. The summed E-state index contributed by atoms with van der Waals surface area (Å²) in [4.78, 5) is 113. The van der Waals surface area contributed by atoms with E-state index in [-0.39, 0.29) is 50.1 Å². The summed E-state index contributed by atoms with van der Waals surface area (Å²) >= 11 is 0. The number of benzene rings is 1. The van der Waals surface area contributed by atoms with Crippen LogP contribution in [-0.2, 0) is 106 Å². The topological polar surface area (TPSA) is 686 Å². The Morgan fingerprint density at radius 1 is 0.698 bits per heavy atom. The minimum absolute atomic E-state index is 0.0902. The monoisotopic (exact) mass is 1550 g/mol. The van der Waals surface area contributed by atoms with Crippen molar-refractivity contribution >= 4 is 56.1 Å². The molecule has 0 saturated carbocycles. The second-order valence-electron chi connectivity index (χ2n) is 25.6. The van der Waals surface area contributed by atoms with Crippen LogP contribution in [0, 0.1) is 5.92 Å². The van der Waals surface area contributed by atoms with Gasteiger partial charge in [0.25, 0.3) is 24.6 Å². The van der Waals surface area contributed by atoms with Crippen molar-refractivity contribution in [3.05, 3.63) is 58.1 Å². The molecule has 7 heterocycles. The zero-order valence-electron chi connectivity index (χ0n) is 56.4. The first-order chi connectivity index (χ1) is 50.1. The van der Waals surface area contributed by atoms with Crippen molar-refractivity contribution in [1.82, 2.24) is 25.5 Å². The molecule has 45 nitrogen and oxygen atoms in total. The third kappa shape index (κ3) is 20.3. The number of phosphoric acid groups is 1. The van der Waals surface area contributed by atoms with E-state index >= 15 is 0 Å². The number of nitrogens with two attached hydrogens (primary N) is 1. The maximum Gasteiger partial charge on any atom is 0.475 e. The van der Waals surface area contributed by atoms with Gasteiger partial charge < -0.3 is 165 Å². The molecule has 3 amide bonds. The van der Waals surface area contributed by atoms with E-state index in [1.165, 1.54) is 30.3 Å². The predicted octanol–water partition coefficient (Wildman–Crippen LogP) is -10.6. The number of aliphatic carboxylic acids is 1. The van der Waals surface area contributed by atoms with Crippen LogP contribution in [0.15, 0.2) is 41.3 Å². The van der Waals surface area contributed by atoms with Gasteiger partial charge in [0.1, 0.15) is 109 Å². The van der Waals surface area contributed by atoms with E-state index in [1.54, 1.807) is 0 Å². The molecular weight excluding hydrogens is 1460 g/mol. The predicted molar refractivity (Wildman–Crippen MR) is 335 cm³/mol. The number of ketones is 1. The first-order valence-electron chi connectivity index (χ1n) is 32.8. The van der Waals surface area contributed by atoms with Crippen molar-refractivity contribution in [2.24, 2.45) is 5.92 Å². The maximum absolute atomic E-state index is 13.4. The molecule has 0 aliphatic carbocycles. The Labute approximate surface area is 598 Å². The summed E-state index contributed by atoms with van der Waals surface area (Å²) in [5.74, 6) is -9.87. The zero-order chi connectivity index (χ0) is 78.0. The van der Waals surface area contributed by atoms with Gasteiger partial charge in [-0.25, -0.2) is 18.7 Å². The summed E-state index contributed by atoms with van der Waals surface area (Å²) in [5, 5.41) is 171. The van der Waals surface area contributed by atoms with E-state index in [0.717, 1.165) is 31.5 Å². The second-order valence-corrected chi connectivity index (χ2v) is 26.9. The Balaban J connectivity index is 0.815. The van der Waals surface area contributed by atoms with Crippen LogP contribution in [-0.4, -0.2) is 338 Å². The van der Waals surface area contributed by atoms with Crippen molar-refractivity contribution in [1.29, 1.82) is 0 Å². The second kappa shape index (κ2) is 37.3. The number of nitrogens with one attached hydrogen (secondary N) is 3. The minimum atomic E-state index is -5.67. The van der Waals surface area contributed by atoms with Crippen LogP contribution in [0.4, 0.5) is 5.82 Å². The molecule has 1 aromatic carbocycles.